The molecular weight excluding hydrogens is 389 g/mol. The lowest BCUT2D eigenvalue weighted by atomic mass is 10.3. The van der Waals surface area contributed by atoms with Crippen LogP contribution >= 0.6 is 11.3 Å². The number of alkyl halides is 3. The largest absolute Gasteiger partial charge is 0.434 e. The zero-order valence-electron chi connectivity index (χ0n) is 16.7. The predicted octanol–water partition coefficient (Wildman–Crippen LogP) is 2.29. The maximum Gasteiger partial charge on any atom is 0.434 e. The summed E-state index contributed by atoms with van der Waals surface area (Å²) in [6.07, 6.45) is -1.74. The van der Waals surface area contributed by atoms with Crippen LogP contribution in [0.1, 0.15) is 30.5 Å². The van der Waals surface area contributed by atoms with Crippen molar-refractivity contribution in [2.75, 3.05) is 59.4 Å². The highest BCUT2D eigenvalue weighted by molar-refractivity contribution is 7.09. The van der Waals surface area contributed by atoms with E-state index in [2.05, 4.69) is 37.5 Å². The lowest BCUT2D eigenvalue weighted by Crippen LogP contribution is -2.38. The maximum absolute atomic E-state index is 12.6. The van der Waals surface area contributed by atoms with E-state index < -0.39 is 11.9 Å². The molecule has 10 heteroatoms. The zero-order valence-corrected chi connectivity index (χ0v) is 17.5. The third-order valence-corrected chi connectivity index (χ3v) is 5.44. The summed E-state index contributed by atoms with van der Waals surface area (Å²) in [6, 6.07) is 0. The van der Waals surface area contributed by atoms with Crippen molar-refractivity contribution in [3.63, 3.8) is 0 Å². The van der Waals surface area contributed by atoms with Crippen molar-refractivity contribution in [3.05, 3.63) is 16.1 Å². The molecule has 1 aliphatic heterocycles. The fourth-order valence-electron chi connectivity index (χ4n) is 2.99. The Morgan fingerprint density at radius 3 is 2.79 bits per heavy atom. The van der Waals surface area contributed by atoms with Crippen LogP contribution in [-0.4, -0.2) is 80.1 Å². The van der Waals surface area contributed by atoms with Gasteiger partial charge in [0.15, 0.2) is 11.7 Å². The van der Waals surface area contributed by atoms with Gasteiger partial charge < -0.3 is 20.4 Å². The third kappa shape index (κ3) is 8.32. The van der Waals surface area contributed by atoms with E-state index >= 15 is 0 Å². The van der Waals surface area contributed by atoms with Crippen LogP contribution in [0.15, 0.2) is 10.4 Å². The predicted molar refractivity (Wildman–Crippen MR) is 108 cm³/mol. The molecule has 2 rings (SSSR count). The number of aromatic nitrogens is 1. The first-order valence-corrected chi connectivity index (χ1v) is 10.7. The highest BCUT2D eigenvalue weighted by Gasteiger charge is 2.33. The number of nitrogens with one attached hydrogen (secondary N) is 2. The second-order valence-corrected chi connectivity index (χ2v) is 7.86. The van der Waals surface area contributed by atoms with Crippen molar-refractivity contribution >= 4 is 17.3 Å². The summed E-state index contributed by atoms with van der Waals surface area (Å²) in [5.41, 5.74) is -0.812. The second kappa shape index (κ2) is 11.6. The molecule has 1 aromatic heterocycles. The number of rotatable bonds is 8. The molecular formula is C18H31F3N6S. The van der Waals surface area contributed by atoms with Crippen LogP contribution in [0.4, 0.5) is 13.2 Å². The van der Waals surface area contributed by atoms with Gasteiger partial charge in [0.05, 0.1) is 5.01 Å². The average Bonchev–Trinajstić information content (AvgIpc) is 3.02. The zero-order chi connectivity index (χ0) is 20.4. The molecule has 0 amide bonds. The number of aliphatic imine (C=N–C) groups is 1. The molecule has 2 N–H and O–H groups in total. The molecule has 1 aliphatic rings. The Kier molecular flexibility index (Phi) is 9.46. The number of guanidine groups is 1. The minimum absolute atomic E-state index is 0.437. The number of nitrogens with zero attached hydrogens (tertiary/aromatic N) is 4. The van der Waals surface area contributed by atoms with E-state index in [1.54, 1.807) is 0 Å². The topological polar surface area (TPSA) is 55.8 Å². The number of hydrogen-bond donors (Lipinski definition) is 2. The summed E-state index contributed by atoms with van der Waals surface area (Å²) in [7, 11) is 2.16. The van der Waals surface area contributed by atoms with Gasteiger partial charge in [0.2, 0.25) is 0 Å². The van der Waals surface area contributed by atoms with Gasteiger partial charge >= 0.3 is 6.18 Å². The molecule has 0 unspecified atom stereocenters. The van der Waals surface area contributed by atoms with E-state index in [4.69, 9.17) is 0 Å². The number of halogens is 3. The summed E-state index contributed by atoms with van der Waals surface area (Å²) < 4.78 is 37.8. The first-order chi connectivity index (χ1) is 13.4. The van der Waals surface area contributed by atoms with Gasteiger partial charge in [-0.15, -0.1) is 11.3 Å². The smallest absolute Gasteiger partial charge is 0.357 e. The minimum atomic E-state index is -4.37. The van der Waals surface area contributed by atoms with Crippen molar-refractivity contribution in [1.82, 2.24) is 25.4 Å². The number of thiazole rings is 1. The van der Waals surface area contributed by atoms with Gasteiger partial charge in [-0.1, -0.05) is 0 Å². The van der Waals surface area contributed by atoms with Crippen LogP contribution in [0.2, 0.25) is 0 Å². The number of likely N-dealkylation sites (N-methyl/N-ethyl adjacent to an activating group) is 1. The lowest BCUT2D eigenvalue weighted by Gasteiger charge is -2.19. The van der Waals surface area contributed by atoms with Gasteiger partial charge in [-0.3, -0.25) is 4.99 Å². The number of hydrogen-bond acceptors (Lipinski definition) is 5. The van der Waals surface area contributed by atoms with Gasteiger partial charge in [0, 0.05) is 44.5 Å². The average molecular weight is 421 g/mol. The van der Waals surface area contributed by atoms with Crippen molar-refractivity contribution < 1.29 is 13.2 Å². The Balaban J connectivity index is 1.70. The van der Waals surface area contributed by atoms with Crippen LogP contribution < -0.4 is 10.6 Å². The van der Waals surface area contributed by atoms with E-state index in [0.29, 0.717) is 23.9 Å². The first-order valence-electron chi connectivity index (χ1n) is 9.83. The van der Waals surface area contributed by atoms with E-state index in [9.17, 15) is 13.2 Å². The van der Waals surface area contributed by atoms with Gasteiger partial charge in [0.25, 0.3) is 0 Å². The van der Waals surface area contributed by atoms with Gasteiger partial charge in [0.1, 0.15) is 0 Å². The molecule has 0 bridgehead atoms. The summed E-state index contributed by atoms with van der Waals surface area (Å²) in [4.78, 5) is 13.1. The van der Waals surface area contributed by atoms with Gasteiger partial charge in [-0.25, -0.2) is 4.98 Å². The summed E-state index contributed by atoms with van der Waals surface area (Å²) >= 11 is 1.04. The second-order valence-electron chi connectivity index (χ2n) is 6.91. The normalized spacial score (nSPS) is 17.5. The standard InChI is InChI=1S/C18H31F3N6S/c1-3-22-17(23-7-4-10-27-11-5-9-26(2)12-13-27)24-8-6-16-25-15(14-28-16)18(19,20)21/h14H,3-13H2,1-2H3,(H2,22,23,24). The third-order valence-electron chi connectivity index (χ3n) is 4.53. The molecule has 0 spiro atoms. The molecule has 1 saturated heterocycles. The molecule has 0 aliphatic carbocycles. The minimum Gasteiger partial charge on any atom is -0.357 e. The highest BCUT2D eigenvalue weighted by atomic mass is 32.1. The van der Waals surface area contributed by atoms with E-state index in [1.165, 1.54) is 6.42 Å². The molecule has 0 aromatic carbocycles. The van der Waals surface area contributed by atoms with Crippen LogP contribution in [0.25, 0.3) is 0 Å². The van der Waals surface area contributed by atoms with Crippen LogP contribution in [0.3, 0.4) is 0 Å². The van der Waals surface area contributed by atoms with Crippen molar-refractivity contribution in [3.8, 4) is 0 Å². The maximum atomic E-state index is 12.6. The van der Waals surface area contributed by atoms with Gasteiger partial charge in [-0.05, 0) is 46.4 Å². The van der Waals surface area contributed by atoms with Crippen LogP contribution in [-0.2, 0) is 12.6 Å². The van der Waals surface area contributed by atoms with E-state index in [-0.39, 0.29) is 0 Å². The van der Waals surface area contributed by atoms with Crippen LogP contribution in [0.5, 0.6) is 0 Å². The molecule has 28 heavy (non-hydrogen) atoms. The fourth-order valence-corrected chi connectivity index (χ4v) is 3.80. The summed E-state index contributed by atoms with van der Waals surface area (Å²) in [5, 5.41) is 7.89. The SMILES string of the molecule is CCNC(=NCCCN1CCCN(C)CC1)NCCc1nc(C(F)(F)F)cs1. The Morgan fingerprint density at radius 1 is 1.25 bits per heavy atom. The lowest BCUT2D eigenvalue weighted by molar-refractivity contribution is -0.140. The Morgan fingerprint density at radius 2 is 2.07 bits per heavy atom. The first kappa shape index (κ1) is 22.9. The molecule has 2 heterocycles. The van der Waals surface area contributed by atoms with Gasteiger partial charge in [-0.2, -0.15) is 13.2 Å². The van der Waals surface area contributed by atoms with Crippen molar-refractivity contribution in [2.24, 2.45) is 4.99 Å². The molecule has 6 nitrogen and oxygen atoms in total. The molecule has 0 atom stereocenters. The van der Waals surface area contributed by atoms with E-state index in [1.807, 2.05) is 6.92 Å². The molecule has 0 radical (unpaired) electrons. The monoisotopic (exact) mass is 420 g/mol. The van der Waals surface area contributed by atoms with Crippen LogP contribution in [0, 0.1) is 0 Å². The molecule has 0 saturated carbocycles. The van der Waals surface area contributed by atoms with E-state index in [0.717, 1.165) is 69.0 Å². The fraction of sp³-hybridized carbons (Fsp3) is 0.778. The summed E-state index contributed by atoms with van der Waals surface area (Å²) in [6.45, 7) is 9.49. The molecule has 1 aromatic rings. The Bertz CT molecular complexity index is 604. The summed E-state index contributed by atoms with van der Waals surface area (Å²) in [5.74, 6) is 0.700. The van der Waals surface area contributed by atoms with Crippen molar-refractivity contribution in [2.45, 2.75) is 32.4 Å². The highest BCUT2D eigenvalue weighted by Crippen LogP contribution is 2.29. The molecule has 1 fully saturated rings. The quantitative estimate of drug-likeness (QED) is 0.384. The molecule has 160 valence electrons. The Labute approximate surface area is 169 Å². The Hall–Kier alpha value is -1.39. The van der Waals surface area contributed by atoms with Crippen molar-refractivity contribution in [1.29, 1.82) is 0 Å².